The SMILES string of the molecule is CCN(CC)[N+](C)CC. The molecule has 0 bridgehead atoms. The van der Waals surface area contributed by atoms with Crippen molar-refractivity contribution in [3.8, 4) is 0 Å². The molecule has 0 aliphatic carbocycles. The predicted molar refractivity (Wildman–Crippen MR) is 41.5 cm³/mol. The molecule has 55 valence electrons. The maximum Gasteiger partial charge on any atom is 0.141 e. The third-order valence-corrected chi connectivity index (χ3v) is 1.67. The molecule has 0 unspecified atom stereocenters. The van der Waals surface area contributed by atoms with Gasteiger partial charge < -0.3 is 0 Å². The summed E-state index contributed by atoms with van der Waals surface area (Å²) in [5, 5.41) is 4.54. The Bertz CT molecular complexity index is 59.9. The molecule has 0 aromatic rings. The van der Waals surface area contributed by atoms with E-state index in [4.69, 9.17) is 0 Å². The van der Waals surface area contributed by atoms with E-state index < -0.39 is 0 Å². The van der Waals surface area contributed by atoms with Crippen molar-refractivity contribution in [2.45, 2.75) is 20.8 Å². The van der Waals surface area contributed by atoms with Crippen LogP contribution in [-0.2, 0) is 0 Å². The molecule has 2 heteroatoms. The van der Waals surface area contributed by atoms with Gasteiger partial charge in [0.1, 0.15) is 13.6 Å². The highest BCUT2D eigenvalue weighted by atomic mass is 15.6. The van der Waals surface area contributed by atoms with E-state index in [0.29, 0.717) is 0 Å². The molecule has 0 atom stereocenters. The maximum atomic E-state index is 2.31. The second-order valence-electron chi connectivity index (χ2n) is 2.11. The minimum atomic E-state index is 1.10. The highest BCUT2D eigenvalue weighted by Crippen LogP contribution is 1.87. The number of nitrogens with zero attached hydrogens (tertiary/aromatic N) is 2. The lowest BCUT2D eigenvalue weighted by atomic mass is 10.6. The van der Waals surface area contributed by atoms with E-state index in [1.54, 1.807) is 0 Å². The first kappa shape index (κ1) is 8.92. The van der Waals surface area contributed by atoms with Gasteiger partial charge in [-0.2, -0.15) is 0 Å². The molecular weight excluding hydrogens is 112 g/mol. The molecule has 0 aromatic carbocycles. The predicted octanol–water partition coefficient (Wildman–Crippen LogP) is 1.03. The van der Waals surface area contributed by atoms with Crippen LogP contribution in [0.25, 0.3) is 0 Å². The fourth-order valence-corrected chi connectivity index (χ4v) is 0.906. The summed E-state index contributed by atoms with van der Waals surface area (Å²) < 4.78 is 0. The number of hydrazine groups is 1. The Balaban J connectivity index is 3.50. The molecule has 2 nitrogen and oxygen atoms in total. The summed E-state index contributed by atoms with van der Waals surface area (Å²) in [5.41, 5.74) is 0. The summed E-state index contributed by atoms with van der Waals surface area (Å²) in [7, 11) is 2.12. The summed E-state index contributed by atoms with van der Waals surface area (Å²) in [6.45, 7) is 9.84. The highest BCUT2D eigenvalue weighted by molar-refractivity contribution is 4.50. The van der Waals surface area contributed by atoms with E-state index in [2.05, 4.69) is 37.8 Å². The largest absolute Gasteiger partial charge is 0.141 e. The van der Waals surface area contributed by atoms with Gasteiger partial charge in [0.05, 0.1) is 13.1 Å². The fourth-order valence-electron chi connectivity index (χ4n) is 0.906. The molecular formula is C7H18N2+. The van der Waals surface area contributed by atoms with Gasteiger partial charge in [-0.15, -0.1) is 5.01 Å². The van der Waals surface area contributed by atoms with Gasteiger partial charge in [-0.25, -0.2) is 0 Å². The van der Waals surface area contributed by atoms with Gasteiger partial charge in [-0.3, -0.25) is 0 Å². The molecule has 0 N–H and O–H groups in total. The molecule has 0 aliphatic rings. The van der Waals surface area contributed by atoms with E-state index >= 15 is 0 Å². The zero-order valence-electron chi connectivity index (χ0n) is 7.02. The summed E-state index contributed by atoms with van der Waals surface area (Å²) in [6, 6.07) is 0. The summed E-state index contributed by atoms with van der Waals surface area (Å²) in [4.78, 5) is 0. The normalized spacial score (nSPS) is 11.3. The van der Waals surface area contributed by atoms with Gasteiger partial charge in [0.25, 0.3) is 0 Å². The van der Waals surface area contributed by atoms with E-state index in [9.17, 15) is 0 Å². The van der Waals surface area contributed by atoms with E-state index in [1.807, 2.05) is 0 Å². The van der Waals surface area contributed by atoms with Gasteiger partial charge in [0.15, 0.2) is 0 Å². The Morgan fingerprint density at radius 3 is 1.67 bits per heavy atom. The molecule has 0 aromatic heterocycles. The van der Waals surface area contributed by atoms with Crippen molar-refractivity contribution in [2.75, 3.05) is 26.7 Å². The third-order valence-electron chi connectivity index (χ3n) is 1.67. The molecule has 0 heterocycles. The van der Waals surface area contributed by atoms with Crippen molar-refractivity contribution in [1.29, 1.82) is 0 Å². The average Bonchev–Trinajstić information content (AvgIpc) is 1.90. The standard InChI is InChI=1S/C7H18N2/c1-5-8(4)9(6-2)7-3/h5-7H2,1-4H3/q+1. The second kappa shape index (κ2) is 4.77. The molecule has 0 amide bonds. The molecule has 9 heavy (non-hydrogen) atoms. The Morgan fingerprint density at radius 2 is 1.56 bits per heavy atom. The quantitative estimate of drug-likeness (QED) is 0.408. The van der Waals surface area contributed by atoms with Crippen LogP contribution in [0, 0.1) is 0 Å². The fraction of sp³-hybridized carbons (Fsp3) is 1.00. The van der Waals surface area contributed by atoms with E-state index in [-0.39, 0.29) is 0 Å². The minimum Gasteiger partial charge on any atom is -0.107 e. The van der Waals surface area contributed by atoms with Crippen LogP contribution < -0.4 is 5.01 Å². The summed E-state index contributed by atoms with van der Waals surface area (Å²) in [5.74, 6) is 0. The van der Waals surface area contributed by atoms with Gasteiger partial charge in [-0.05, 0) is 20.8 Å². The lowest BCUT2D eigenvalue weighted by Gasteiger charge is -2.16. The van der Waals surface area contributed by atoms with Crippen LogP contribution in [0.4, 0.5) is 0 Å². The third kappa shape index (κ3) is 2.82. The van der Waals surface area contributed by atoms with E-state index in [0.717, 1.165) is 19.6 Å². The monoisotopic (exact) mass is 130 g/mol. The Labute approximate surface area is 58.4 Å². The lowest BCUT2D eigenvalue weighted by molar-refractivity contribution is 0.109. The zero-order chi connectivity index (χ0) is 7.28. The number of hydrogen-bond acceptors (Lipinski definition) is 2. The Hall–Kier alpha value is -0.0800. The molecule has 0 rings (SSSR count). The molecule has 0 spiro atoms. The Morgan fingerprint density at radius 1 is 1.11 bits per heavy atom. The van der Waals surface area contributed by atoms with Crippen molar-refractivity contribution in [1.82, 2.24) is 10.0 Å². The topological polar surface area (TPSA) is 9.14 Å². The summed E-state index contributed by atoms with van der Waals surface area (Å²) >= 11 is 0. The maximum absolute atomic E-state index is 2.31. The molecule has 1 radical (unpaired) electrons. The van der Waals surface area contributed by atoms with Gasteiger partial charge in [-0.1, -0.05) is 5.01 Å². The number of rotatable bonds is 4. The lowest BCUT2D eigenvalue weighted by Crippen LogP contribution is -2.44. The Kier molecular flexibility index (Phi) is 4.72. The van der Waals surface area contributed by atoms with Gasteiger partial charge in [0.2, 0.25) is 0 Å². The first-order valence-corrected chi connectivity index (χ1v) is 3.72. The van der Waals surface area contributed by atoms with Gasteiger partial charge >= 0.3 is 0 Å². The minimum absolute atomic E-state index is 1.10. The van der Waals surface area contributed by atoms with E-state index in [1.165, 1.54) is 0 Å². The first-order valence-electron chi connectivity index (χ1n) is 3.72. The van der Waals surface area contributed by atoms with Gasteiger partial charge in [0, 0.05) is 0 Å². The van der Waals surface area contributed by atoms with Crippen molar-refractivity contribution >= 4 is 0 Å². The molecule has 0 fully saturated rings. The van der Waals surface area contributed by atoms with Crippen molar-refractivity contribution in [2.24, 2.45) is 0 Å². The summed E-state index contributed by atoms with van der Waals surface area (Å²) in [6.07, 6.45) is 0. The number of hydrogen-bond donors (Lipinski definition) is 0. The van der Waals surface area contributed by atoms with Crippen LogP contribution in [0.15, 0.2) is 0 Å². The first-order chi connectivity index (χ1) is 4.26. The van der Waals surface area contributed by atoms with Crippen LogP contribution in [0.1, 0.15) is 20.8 Å². The molecule has 0 aliphatic heterocycles. The zero-order valence-corrected chi connectivity index (χ0v) is 7.02. The van der Waals surface area contributed by atoms with Crippen molar-refractivity contribution in [3.05, 3.63) is 0 Å². The smallest absolute Gasteiger partial charge is 0.107 e. The van der Waals surface area contributed by atoms with Crippen molar-refractivity contribution in [3.63, 3.8) is 0 Å². The van der Waals surface area contributed by atoms with Crippen LogP contribution in [0.2, 0.25) is 0 Å². The van der Waals surface area contributed by atoms with Crippen LogP contribution in [-0.4, -0.2) is 31.7 Å². The average molecular weight is 130 g/mol. The molecule has 0 saturated heterocycles. The highest BCUT2D eigenvalue weighted by Gasteiger charge is 2.12. The van der Waals surface area contributed by atoms with Crippen LogP contribution >= 0.6 is 0 Å². The second-order valence-corrected chi connectivity index (χ2v) is 2.11. The van der Waals surface area contributed by atoms with Crippen LogP contribution in [0.3, 0.4) is 0 Å². The van der Waals surface area contributed by atoms with Crippen LogP contribution in [0.5, 0.6) is 0 Å². The van der Waals surface area contributed by atoms with Crippen molar-refractivity contribution < 1.29 is 0 Å². The molecule has 0 saturated carbocycles.